The van der Waals surface area contributed by atoms with Crippen LogP contribution < -0.4 is 14.8 Å². The fourth-order valence-corrected chi connectivity index (χ4v) is 3.29. The lowest BCUT2D eigenvalue weighted by Crippen LogP contribution is -2.32. The van der Waals surface area contributed by atoms with Crippen LogP contribution in [-0.2, 0) is 17.6 Å². The van der Waals surface area contributed by atoms with E-state index in [9.17, 15) is 4.79 Å². The normalized spacial score (nSPS) is 14.2. The molecule has 0 spiro atoms. The lowest BCUT2D eigenvalue weighted by molar-refractivity contribution is -0.122. The molecule has 2 aromatic rings. The van der Waals surface area contributed by atoms with E-state index >= 15 is 0 Å². The van der Waals surface area contributed by atoms with Crippen LogP contribution in [0.3, 0.4) is 0 Å². The molecule has 1 amide bonds. The van der Waals surface area contributed by atoms with Crippen molar-refractivity contribution in [3.05, 3.63) is 53.6 Å². The Kier molecular flexibility index (Phi) is 6.16. The quantitative estimate of drug-likeness (QED) is 0.781. The van der Waals surface area contributed by atoms with Crippen LogP contribution in [-0.4, -0.2) is 18.6 Å². The zero-order chi connectivity index (χ0) is 18.4. The predicted octanol–water partition coefficient (Wildman–Crippen LogP) is 4.76. The first kappa shape index (κ1) is 18.3. The van der Waals surface area contributed by atoms with Crippen LogP contribution >= 0.6 is 0 Å². The van der Waals surface area contributed by atoms with Crippen LogP contribution in [0.1, 0.15) is 44.2 Å². The van der Waals surface area contributed by atoms with E-state index in [0.29, 0.717) is 13.0 Å². The molecule has 0 unspecified atom stereocenters. The molecule has 4 heteroatoms. The molecular weight excluding hydrogens is 326 g/mol. The number of aryl methyl sites for hydroxylation is 2. The second kappa shape index (κ2) is 8.75. The Hall–Kier alpha value is -2.49. The number of anilines is 1. The molecule has 1 aliphatic rings. The van der Waals surface area contributed by atoms with Crippen molar-refractivity contribution in [1.29, 1.82) is 0 Å². The number of amides is 1. The Balaban J connectivity index is 1.63. The number of carbonyl (C=O) groups excluding carboxylic acids is 1. The van der Waals surface area contributed by atoms with Gasteiger partial charge in [-0.1, -0.05) is 13.0 Å². The van der Waals surface area contributed by atoms with Gasteiger partial charge in [0.05, 0.1) is 6.61 Å². The summed E-state index contributed by atoms with van der Waals surface area (Å²) in [4.78, 5) is 12.6. The first-order valence-electron chi connectivity index (χ1n) is 9.51. The third kappa shape index (κ3) is 4.57. The van der Waals surface area contributed by atoms with E-state index in [1.54, 1.807) is 0 Å². The van der Waals surface area contributed by atoms with E-state index in [-0.39, 0.29) is 5.91 Å². The first-order chi connectivity index (χ1) is 12.7. The summed E-state index contributed by atoms with van der Waals surface area (Å²) in [7, 11) is 0. The van der Waals surface area contributed by atoms with Gasteiger partial charge < -0.3 is 14.8 Å². The van der Waals surface area contributed by atoms with Gasteiger partial charge in [-0.15, -0.1) is 0 Å². The van der Waals surface area contributed by atoms with Gasteiger partial charge in [-0.25, -0.2) is 0 Å². The summed E-state index contributed by atoms with van der Waals surface area (Å²) in [5.74, 6) is 1.44. The molecule has 2 aromatic carbocycles. The highest BCUT2D eigenvalue weighted by Gasteiger charge is 2.19. The minimum atomic E-state index is -0.511. The number of fused-ring (bicyclic) bond motifs is 1. The summed E-state index contributed by atoms with van der Waals surface area (Å²) >= 11 is 0. The number of ether oxygens (including phenoxy) is 2. The van der Waals surface area contributed by atoms with Crippen LogP contribution in [0, 0.1) is 0 Å². The van der Waals surface area contributed by atoms with Gasteiger partial charge in [-0.05, 0) is 86.6 Å². The number of rotatable bonds is 7. The molecule has 26 heavy (non-hydrogen) atoms. The van der Waals surface area contributed by atoms with Crippen molar-refractivity contribution in [3.63, 3.8) is 0 Å². The summed E-state index contributed by atoms with van der Waals surface area (Å²) in [5.41, 5.74) is 3.51. The summed E-state index contributed by atoms with van der Waals surface area (Å²) in [6.07, 6.45) is 4.83. The second-order valence-corrected chi connectivity index (χ2v) is 6.60. The van der Waals surface area contributed by atoms with E-state index in [1.165, 1.54) is 24.0 Å². The molecule has 1 atom stereocenters. The summed E-state index contributed by atoms with van der Waals surface area (Å²) in [5, 5.41) is 2.93. The zero-order valence-corrected chi connectivity index (χ0v) is 15.6. The summed E-state index contributed by atoms with van der Waals surface area (Å²) in [6, 6.07) is 13.6. The van der Waals surface area contributed by atoms with E-state index in [1.807, 2.05) is 44.2 Å². The maximum Gasteiger partial charge on any atom is 0.265 e. The van der Waals surface area contributed by atoms with Crippen molar-refractivity contribution in [2.45, 2.75) is 52.1 Å². The van der Waals surface area contributed by atoms with E-state index in [0.717, 1.165) is 30.0 Å². The molecule has 0 heterocycles. The topological polar surface area (TPSA) is 47.6 Å². The highest BCUT2D eigenvalue weighted by atomic mass is 16.5. The Morgan fingerprint density at radius 3 is 2.38 bits per heavy atom. The maximum atomic E-state index is 12.6. The maximum absolute atomic E-state index is 12.6. The van der Waals surface area contributed by atoms with Crippen molar-refractivity contribution in [2.24, 2.45) is 0 Å². The monoisotopic (exact) mass is 353 g/mol. The SMILES string of the molecule is CCOc1ccc(NC(=O)[C@@H](CC)Oc2ccc3c(c2)CCCC3)cc1. The zero-order valence-electron chi connectivity index (χ0n) is 15.6. The Bertz CT molecular complexity index is 740. The Labute approximate surface area is 155 Å². The molecule has 0 aliphatic heterocycles. The molecule has 1 N–H and O–H groups in total. The smallest absolute Gasteiger partial charge is 0.265 e. The van der Waals surface area contributed by atoms with Gasteiger partial charge in [-0.2, -0.15) is 0 Å². The van der Waals surface area contributed by atoms with E-state index in [2.05, 4.69) is 17.4 Å². The number of hydrogen-bond acceptors (Lipinski definition) is 3. The Morgan fingerprint density at radius 2 is 1.69 bits per heavy atom. The summed E-state index contributed by atoms with van der Waals surface area (Å²) < 4.78 is 11.4. The van der Waals surface area contributed by atoms with Gasteiger partial charge >= 0.3 is 0 Å². The number of benzene rings is 2. The van der Waals surface area contributed by atoms with Crippen LogP contribution in [0.15, 0.2) is 42.5 Å². The van der Waals surface area contributed by atoms with Crippen molar-refractivity contribution in [3.8, 4) is 11.5 Å². The fourth-order valence-electron chi connectivity index (χ4n) is 3.29. The molecular formula is C22H27NO3. The third-order valence-electron chi connectivity index (χ3n) is 4.69. The highest BCUT2D eigenvalue weighted by molar-refractivity contribution is 5.94. The number of nitrogens with one attached hydrogen (secondary N) is 1. The fraction of sp³-hybridized carbons (Fsp3) is 0.409. The predicted molar refractivity (Wildman–Crippen MR) is 104 cm³/mol. The molecule has 1 aliphatic carbocycles. The van der Waals surface area contributed by atoms with Crippen LogP contribution in [0.2, 0.25) is 0 Å². The van der Waals surface area contributed by atoms with Crippen LogP contribution in [0.5, 0.6) is 11.5 Å². The summed E-state index contributed by atoms with van der Waals surface area (Å²) in [6.45, 7) is 4.53. The molecule has 138 valence electrons. The van der Waals surface area contributed by atoms with E-state index < -0.39 is 6.10 Å². The third-order valence-corrected chi connectivity index (χ3v) is 4.69. The molecule has 0 bridgehead atoms. The molecule has 3 rings (SSSR count). The molecule has 4 nitrogen and oxygen atoms in total. The second-order valence-electron chi connectivity index (χ2n) is 6.60. The minimum absolute atomic E-state index is 0.130. The average Bonchev–Trinajstić information content (AvgIpc) is 2.67. The van der Waals surface area contributed by atoms with Crippen LogP contribution in [0.25, 0.3) is 0 Å². The minimum Gasteiger partial charge on any atom is -0.494 e. The molecule has 0 aromatic heterocycles. The van der Waals surface area contributed by atoms with Crippen molar-refractivity contribution in [1.82, 2.24) is 0 Å². The van der Waals surface area contributed by atoms with E-state index in [4.69, 9.17) is 9.47 Å². The van der Waals surface area contributed by atoms with Gasteiger partial charge in [0.25, 0.3) is 5.91 Å². The standard InChI is InChI=1S/C22H27NO3/c1-3-21(22(24)23-18-10-13-19(14-11-18)25-4-2)26-20-12-9-16-7-5-6-8-17(16)15-20/h9-15,21H,3-8H2,1-2H3,(H,23,24)/t21-/m1/s1. The number of hydrogen-bond donors (Lipinski definition) is 1. The average molecular weight is 353 g/mol. The highest BCUT2D eigenvalue weighted by Crippen LogP contribution is 2.26. The largest absolute Gasteiger partial charge is 0.494 e. The first-order valence-corrected chi connectivity index (χ1v) is 9.51. The lowest BCUT2D eigenvalue weighted by atomic mass is 9.92. The van der Waals surface area contributed by atoms with Gasteiger partial charge in [0.2, 0.25) is 0 Å². The lowest BCUT2D eigenvalue weighted by Gasteiger charge is -2.20. The molecule has 0 radical (unpaired) electrons. The van der Waals surface area contributed by atoms with Crippen molar-refractivity contribution < 1.29 is 14.3 Å². The number of carbonyl (C=O) groups is 1. The Morgan fingerprint density at radius 1 is 1.00 bits per heavy atom. The van der Waals surface area contributed by atoms with Crippen LogP contribution in [0.4, 0.5) is 5.69 Å². The molecule has 0 fully saturated rings. The van der Waals surface area contributed by atoms with Crippen molar-refractivity contribution >= 4 is 11.6 Å². The van der Waals surface area contributed by atoms with Gasteiger partial charge in [-0.3, -0.25) is 4.79 Å². The molecule has 0 saturated heterocycles. The van der Waals surface area contributed by atoms with Gasteiger partial charge in [0, 0.05) is 5.69 Å². The van der Waals surface area contributed by atoms with Gasteiger partial charge in [0.15, 0.2) is 6.10 Å². The van der Waals surface area contributed by atoms with Crippen molar-refractivity contribution in [2.75, 3.05) is 11.9 Å². The molecule has 0 saturated carbocycles. The van der Waals surface area contributed by atoms with Gasteiger partial charge in [0.1, 0.15) is 11.5 Å².